The largest absolute Gasteiger partial charge is 0.494 e. The zero-order chi connectivity index (χ0) is 21.3. The van der Waals surface area contributed by atoms with Crippen LogP contribution < -0.4 is 20.1 Å². The molecule has 0 radical (unpaired) electrons. The fraction of sp³-hybridized carbons (Fsp3) is 0.250. The Kier molecular flexibility index (Phi) is 7.27. The molecule has 0 spiro atoms. The molecule has 0 atom stereocenters. The molecule has 6 heteroatoms. The summed E-state index contributed by atoms with van der Waals surface area (Å²) >= 11 is 0. The molecule has 6 nitrogen and oxygen atoms in total. The van der Waals surface area contributed by atoms with Gasteiger partial charge in [0, 0.05) is 6.07 Å². The second-order valence-electron chi connectivity index (χ2n) is 6.66. The average Bonchev–Trinajstić information content (AvgIpc) is 2.75. The first kappa shape index (κ1) is 21.2. The third kappa shape index (κ3) is 5.50. The minimum absolute atomic E-state index is 0.131. The number of anilines is 1. The van der Waals surface area contributed by atoms with E-state index >= 15 is 0 Å². The van der Waals surface area contributed by atoms with Gasteiger partial charge in [-0.25, -0.2) is 0 Å². The predicted molar refractivity (Wildman–Crippen MR) is 118 cm³/mol. The van der Waals surface area contributed by atoms with E-state index in [1.807, 2.05) is 56.3 Å². The molecule has 0 heterocycles. The van der Waals surface area contributed by atoms with Crippen LogP contribution in [-0.2, 0) is 16.0 Å². The number of carbonyl (C=O) groups is 2. The Morgan fingerprint density at radius 1 is 0.867 bits per heavy atom. The monoisotopic (exact) mass is 406 g/mol. The van der Waals surface area contributed by atoms with Crippen molar-refractivity contribution in [3.63, 3.8) is 0 Å². The lowest BCUT2D eigenvalue weighted by Crippen LogP contribution is -2.33. The standard InChI is InChI=1S/C24H26N2O4/c1-3-29-19-12-13-22(30-4-2)21(15-19)26-24(28)16-25-23(27)14-18-10-7-9-17-8-5-6-11-20(17)18/h5-13,15H,3-4,14,16H2,1-2H3,(H,25,27)(H,26,28). The molecule has 0 saturated carbocycles. The molecule has 0 unspecified atom stereocenters. The summed E-state index contributed by atoms with van der Waals surface area (Å²) in [6.07, 6.45) is 0.207. The first-order chi connectivity index (χ1) is 14.6. The van der Waals surface area contributed by atoms with E-state index in [-0.39, 0.29) is 24.8 Å². The molecule has 0 saturated heterocycles. The third-order valence-corrected chi connectivity index (χ3v) is 4.51. The van der Waals surface area contributed by atoms with Gasteiger partial charge in [0.25, 0.3) is 0 Å². The van der Waals surface area contributed by atoms with E-state index in [0.717, 1.165) is 16.3 Å². The zero-order valence-electron chi connectivity index (χ0n) is 17.2. The Balaban J connectivity index is 1.60. The number of amides is 2. The molecule has 0 bridgehead atoms. The molecule has 156 valence electrons. The first-order valence-electron chi connectivity index (χ1n) is 10.0. The van der Waals surface area contributed by atoms with Gasteiger partial charge in [-0.3, -0.25) is 9.59 Å². The summed E-state index contributed by atoms with van der Waals surface area (Å²) in [5.74, 6) is 0.637. The molecule has 3 aromatic carbocycles. The molecular formula is C24H26N2O4. The molecule has 2 N–H and O–H groups in total. The van der Waals surface area contributed by atoms with E-state index < -0.39 is 0 Å². The van der Waals surface area contributed by atoms with Gasteiger partial charge in [0.05, 0.1) is 31.9 Å². The lowest BCUT2D eigenvalue weighted by Gasteiger charge is -2.14. The fourth-order valence-electron chi connectivity index (χ4n) is 3.20. The molecule has 0 fully saturated rings. The number of ether oxygens (including phenoxy) is 2. The topological polar surface area (TPSA) is 76.7 Å². The number of hydrogen-bond donors (Lipinski definition) is 2. The van der Waals surface area contributed by atoms with E-state index in [0.29, 0.717) is 30.4 Å². The zero-order valence-corrected chi connectivity index (χ0v) is 17.2. The second kappa shape index (κ2) is 10.3. The Labute approximate surface area is 176 Å². The molecule has 3 aromatic rings. The van der Waals surface area contributed by atoms with Gasteiger partial charge in [-0.1, -0.05) is 42.5 Å². The van der Waals surface area contributed by atoms with Gasteiger partial charge in [-0.2, -0.15) is 0 Å². The van der Waals surface area contributed by atoms with Crippen molar-refractivity contribution < 1.29 is 19.1 Å². The van der Waals surface area contributed by atoms with E-state index in [1.165, 1.54) is 0 Å². The average molecular weight is 406 g/mol. The maximum Gasteiger partial charge on any atom is 0.243 e. The molecule has 0 aliphatic rings. The molecule has 2 amide bonds. The van der Waals surface area contributed by atoms with E-state index in [4.69, 9.17) is 9.47 Å². The number of nitrogens with one attached hydrogen (secondary N) is 2. The van der Waals surface area contributed by atoms with Gasteiger partial charge in [-0.05, 0) is 42.3 Å². The Bertz CT molecular complexity index is 1030. The fourth-order valence-corrected chi connectivity index (χ4v) is 3.20. The highest BCUT2D eigenvalue weighted by Crippen LogP contribution is 2.29. The molecule has 0 aliphatic heterocycles. The van der Waals surface area contributed by atoms with Crippen molar-refractivity contribution in [3.05, 3.63) is 66.2 Å². The molecule has 0 aliphatic carbocycles. The molecule has 30 heavy (non-hydrogen) atoms. The van der Waals surface area contributed by atoms with Gasteiger partial charge in [0.2, 0.25) is 11.8 Å². The van der Waals surface area contributed by atoms with E-state index in [9.17, 15) is 9.59 Å². The van der Waals surface area contributed by atoms with Crippen molar-refractivity contribution in [3.8, 4) is 11.5 Å². The summed E-state index contributed by atoms with van der Waals surface area (Å²) in [4.78, 5) is 24.8. The number of fused-ring (bicyclic) bond motifs is 1. The van der Waals surface area contributed by atoms with Crippen LogP contribution in [0.5, 0.6) is 11.5 Å². The number of carbonyl (C=O) groups excluding carboxylic acids is 2. The van der Waals surface area contributed by atoms with Crippen LogP contribution >= 0.6 is 0 Å². The van der Waals surface area contributed by atoms with Gasteiger partial charge in [0.15, 0.2) is 0 Å². The van der Waals surface area contributed by atoms with Gasteiger partial charge in [-0.15, -0.1) is 0 Å². The van der Waals surface area contributed by atoms with Gasteiger partial charge >= 0.3 is 0 Å². The van der Waals surface area contributed by atoms with Crippen molar-refractivity contribution in [2.75, 3.05) is 25.1 Å². The minimum Gasteiger partial charge on any atom is -0.494 e. The van der Waals surface area contributed by atoms with Crippen molar-refractivity contribution in [2.24, 2.45) is 0 Å². The smallest absolute Gasteiger partial charge is 0.243 e. The summed E-state index contributed by atoms with van der Waals surface area (Å²) < 4.78 is 11.0. The van der Waals surface area contributed by atoms with Gasteiger partial charge in [0.1, 0.15) is 11.5 Å². The number of rotatable bonds is 9. The predicted octanol–water partition coefficient (Wildman–Crippen LogP) is 3.93. The minimum atomic E-state index is -0.337. The van der Waals surface area contributed by atoms with Crippen molar-refractivity contribution in [2.45, 2.75) is 20.3 Å². The van der Waals surface area contributed by atoms with E-state index in [1.54, 1.807) is 18.2 Å². The van der Waals surface area contributed by atoms with Crippen LogP contribution in [-0.4, -0.2) is 31.6 Å². The van der Waals surface area contributed by atoms with Crippen LogP contribution in [0.2, 0.25) is 0 Å². The highest BCUT2D eigenvalue weighted by Gasteiger charge is 2.12. The number of hydrogen-bond acceptors (Lipinski definition) is 4. The summed E-state index contributed by atoms with van der Waals surface area (Å²) in [6.45, 7) is 4.62. The Morgan fingerprint density at radius 3 is 2.43 bits per heavy atom. The normalized spacial score (nSPS) is 10.5. The van der Waals surface area contributed by atoms with Crippen LogP contribution in [0.25, 0.3) is 10.8 Å². The van der Waals surface area contributed by atoms with Crippen LogP contribution in [0, 0.1) is 0 Å². The lowest BCUT2D eigenvalue weighted by molar-refractivity contribution is -0.123. The Morgan fingerprint density at radius 2 is 1.63 bits per heavy atom. The molecular weight excluding hydrogens is 380 g/mol. The summed E-state index contributed by atoms with van der Waals surface area (Å²) in [6, 6.07) is 19.0. The first-order valence-corrected chi connectivity index (χ1v) is 10.0. The Hall–Kier alpha value is -3.54. The quantitative estimate of drug-likeness (QED) is 0.564. The SMILES string of the molecule is CCOc1ccc(OCC)c(NC(=O)CNC(=O)Cc2cccc3ccccc23)c1. The third-order valence-electron chi connectivity index (χ3n) is 4.51. The van der Waals surface area contributed by atoms with Crippen LogP contribution in [0.4, 0.5) is 5.69 Å². The summed E-state index contributed by atoms with van der Waals surface area (Å²) in [5, 5.41) is 7.59. The lowest BCUT2D eigenvalue weighted by atomic mass is 10.0. The highest BCUT2D eigenvalue weighted by molar-refractivity contribution is 5.97. The van der Waals surface area contributed by atoms with E-state index in [2.05, 4.69) is 10.6 Å². The van der Waals surface area contributed by atoms with Crippen molar-refractivity contribution in [1.29, 1.82) is 0 Å². The molecule has 0 aromatic heterocycles. The highest BCUT2D eigenvalue weighted by atomic mass is 16.5. The molecule has 3 rings (SSSR count). The number of benzene rings is 3. The van der Waals surface area contributed by atoms with Crippen molar-refractivity contribution in [1.82, 2.24) is 5.32 Å². The summed E-state index contributed by atoms with van der Waals surface area (Å²) in [5.41, 5.74) is 1.44. The van der Waals surface area contributed by atoms with Crippen LogP contribution in [0.1, 0.15) is 19.4 Å². The maximum atomic E-state index is 12.4. The van der Waals surface area contributed by atoms with Crippen molar-refractivity contribution >= 4 is 28.3 Å². The summed E-state index contributed by atoms with van der Waals surface area (Å²) in [7, 11) is 0. The van der Waals surface area contributed by atoms with Crippen LogP contribution in [0.3, 0.4) is 0 Å². The van der Waals surface area contributed by atoms with Crippen LogP contribution in [0.15, 0.2) is 60.7 Å². The second-order valence-corrected chi connectivity index (χ2v) is 6.66. The maximum absolute atomic E-state index is 12.4. The van der Waals surface area contributed by atoms with Gasteiger partial charge < -0.3 is 20.1 Å².